The van der Waals surface area contributed by atoms with E-state index in [0.29, 0.717) is 0 Å². The van der Waals surface area contributed by atoms with Gasteiger partial charge in [-0.1, -0.05) is 0 Å². The molecule has 0 unspecified atom stereocenters. The molecule has 60 heavy (non-hydrogen) atoms. The summed E-state index contributed by atoms with van der Waals surface area (Å²) in [5.41, 5.74) is -10.9. The molecule has 5 heteroatoms. The fourth-order valence-electron chi connectivity index (χ4n) is 9.55. The molecule has 0 amide bonds. The Bertz CT molecular complexity index is 2150. The van der Waals surface area contributed by atoms with Gasteiger partial charge in [-0.25, -0.2) is 0 Å². The van der Waals surface area contributed by atoms with E-state index < -0.39 is 30.3 Å². The van der Waals surface area contributed by atoms with Gasteiger partial charge in [-0.3, -0.25) is 0 Å². The number of carbonyl (C=O) groups is 1. The van der Waals surface area contributed by atoms with Crippen LogP contribution in [0, 0.1) is 0 Å². The molecule has 9 aromatic rings. The van der Waals surface area contributed by atoms with Gasteiger partial charge in [0.15, 0.2) is 0 Å². The molecule has 0 atom stereocenters. The summed E-state index contributed by atoms with van der Waals surface area (Å²) < 4.78 is 0. The molecular formula is C55H49IrOP3. The third kappa shape index (κ3) is 6.17. The Hall–Kier alpha value is -5.41. The van der Waals surface area contributed by atoms with Gasteiger partial charge in [-0.15, -0.1) is 0 Å². The fourth-order valence-corrected chi connectivity index (χ4v) is 149. The summed E-state index contributed by atoms with van der Waals surface area (Å²) in [6, 6.07) is 102. The van der Waals surface area contributed by atoms with E-state index in [-0.39, 0.29) is 0 Å². The normalized spacial score (nSPS) is 14.2. The Morgan fingerprint density at radius 3 is 0.433 bits per heavy atom. The zero-order valence-electron chi connectivity index (χ0n) is 33.3. The minimum atomic E-state index is -5.05. The van der Waals surface area contributed by atoms with Crippen molar-refractivity contribution in [2.75, 3.05) is 0 Å². The molecule has 9 aromatic carbocycles. The summed E-state index contributed by atoms with van der Waals surface area (Å²) >= 11 is -5.05. The van der Waals surface area contributed by atoms with Crippen LogP contribution in [0.2, 0.25) is 0 Å². The molecule has 0 spiro atoms. The predicted molar refractivity (Wildman–Crippen MR) is 266 cm³/mol. The van der Waals surface area contributed by atoms with Gasteiger partial charge in [-0.05, 0) is 0 Å². The first-order valence-electron chi connectivity index (χ1n) is 20.4. The van der Waals surface area contributed by atoms with Crippen molar-refractivity contribution in [2.24, 2.45) is 0 Å². The molecule has 0 fully saturated rings. The number of hydrogen-bond acceptors (Lipinski definition) is 1. The summed E-state index contributed by atoms with van der Waals surface area (Å²) in [4.78, 5) is 18.9. The summed E-state index contributed by atoms with van der Waals surface area (Å²) in [5, 5.41) is 11.6. The van der Waals surface area contributed by atoms with Crippen molar-refractivity contribution in [3.8, 4) is 0 Å². The summed E-state index contributed by atoms with van der Waals surface area (Å²) in [7, 11) is 0. The van der Waals surface area contributed by atoms with Gasteiger partial charge < -0.3 is 0 Å². The van der Waals surface area contributed by atoms with E-state index in [1.165, 1.54) is 47.7 Å². The fraction of sp³-hybridized carbons (Fsp3) is 0. The maximum absolute atomic E-state index is 17.1. The van der Waals surface area contributed by atoms with Gasteiger partial charge >= 0.3 is 361 Å². The number of hydrogen-bond donors (Lipinski definition) is 0. The van der Waals surface area contributed by atoms with E-state index in [4.69, 9.17) is 0 Å². The van der Waals surface area contributed by atoms with Crippen LogP contribution < -0.4 is 47.7 Å². The predicted octanol–water partition coefficient (Wildman–Crippen LogP) is 9.25. The Balaban J connectivity index is 1.74. The molecule has 0 N–H and O–H groups in total. The van der Waals surface area contributed by atoms with Gasteiger partial charge in [0.05, 0.1) is 0 Å². The Morgan fingerprint density at radius 2 is 0.333 bits per heavy atom. The van der Waals surface area contributed by atoms with Gasteiger partial charge in [-0.2, -0.15) is 0 Å². The first kappa shape index (κ1) is 40.0. The van der Waals surface area contributed by atoms with E-state index in [2.05, 4.69) is 273 Å². The molecule has 0 bridgehead atoms. The second-order valence-electron chi connectivity index (χ2n) is 14.8. The molecule has 0 aliphatic rings. The van der Waals surface area contributed by atoms with Crippen molar-refractivity contribution in [3.63, 3.8) is 0 Å². The maximum atomic E-state index is 17.1. The molecule has 299 valence electrons. The van der Waals surface area contributed by atoms with Crippen molar-refractivity contribution in [1.82, 2.24) is 0 Å². The van der Waals surface area contributed by atoms with Crippen LogP contribution in [-0.4, -0.2) is 4.80 Å². The Morgan fingerprint density at radius 1 is 0.217 bits per heavy atom. The molecule has 0 saturated carbocycles. The first-order chi connectivity index (χ1) is 29.8. The average Bonchev–Trinajstić information content (AvgIpc) is 3.35. The summed E-state index contributed by atoms with van der Waals surface area (Å²) in [6.45, 7) is 0. The quantitative estimate of drug-likeness (QED) is 0.0833. The van der Waals surface area contributed by atoms with Gasteiger partial charge in [0.25, 0.3) is 0 Å². The van der Waals surface area contributed by atoms with Crippen molar-refractivity contribution in [3.05, 3.63) is 273 Å². The van der Waals surface area contributed by atoms with E-state index >= 15 is 4.79 Å². The molecule has 0 saturated heterocycles. The Kier molecular flexibility index (Phi) is 11.8. The zero-order chi connectivity index (χ0) is 40.7. The van der Waals surface area contributed by atoms with Crippen LogP contribution in [-0.2, 0) is 18.6 Å². The molecule has 0 aliphatic carbocycles. The molecule has 0 aliphatic heterocycles. The van der Waals surface area contributed by atoms with Crippen molar-refractivity contribution in [1.29, 1.82) is 0 Å². The topological polar surface area (TPSA) is 17.1 Å². The standard InChI is InChI=1S/3C18H15P.CHO.Ir/c3*1-4-10-16(11-5-1)19(17-12-6-2-7-13-17)18-14-8-3-9-15-18;1-2;/h3*1-15H;1H;/q;;;;-3/p+3. The second kappa shape index (κ2) is 17.7. The molecular weight excluding hydrogens is 962 g/mol. The number of carbonyl (C=O) groups excluding carboxylic acids is 1. The van der Waals surface area contributed by atoms with Crippen LogP contribution in [0.5, 0.6) is 0 Å². The second-order valence-corrected chi connectivity index (χ2v) is 65.4. The van der Waals surface area contributed by atoms with Gasteiger partial charge in [0.1, 0.15) is 0 Å². The average molecular weight is 1010 g/mol. The minimum absolute atomic E-state index is 1.29. The SMILES string of the molecule is O=[CH][Ir]([PH](c1ccccc1)(c1ccccc1)c1ccccc1)([PH](c1ccccc1)(c1ccccc1)c1ccccc1)[PH](c1ccccc1)(c1ccccc1)c1ccccc1. The summed E-state index contributed by atoms with van der Waals surface area (Å²) in [6.07, 6.45) is 0. The van der Waals surface area contributed by atoms with Crippen LogP contribution in [0.25, 0.3) is 0 Å². The third-order valence-corrected chi connectivity index (χ3v) is 108. The van der Waals surface area contributed by atoms with Crippen molar-refractivity contribution in [2.45, 2.75) is 0 Å². The van der Waals surface area contributed by atoms with E-state index in [0.717, 1.165) is 0 Å². The molecule has 9 rings (SSSR count). The van der Waals surface area contributed by atoms with Gasteiger partial charge in [0, 0.05) is 0 Å². The summed E-state index contributed by atoms with van der Waals surface area (Å²) in [5.74, 6) is 0. The van der Waals surface area contributed by atoms with Crippen LogP contribution in [0.15, 0.2) is 273 Å². The van der Waals surface area contributed by atoms with E-state index in [1.807, 2.05) is 0 Å². The zero-order valence-corrected chi connectivity index (χ0v) is 38.7. The molecule has 0 heterocycles. The van der Waals surface area contributed by atoms with E-state index in [9.17, 15) is 0 Å². The first-order valence-corrected chi connectivity index (χ1v) is 38.0. The monoisotopic (exact) mass is 1010 g/mol. The van der Waals surface area contributed by atoms with Crippen LogP contribution in [0.3, 0.4) is 0 Å². The number of rotatable bonds is 13. The van der Waals surface area contributed by atoms with Crippen LogP contribution >= 0.6 is 16.5 Å². The van der Waals surface area contributed by atoms with Crippen molar-refractivity contribution >= 4 is 69.0 Å². The van der Waals surface area contributed by atoms with E-state index in [1.54, 1.807) is 4.80 Å². The van der Waals surface area contributed by atoms with Crippen LogP contribution in [0.4, 0.5) is 0 Å². The third-order valence-electron chi connectivity index (χ3n) is 11.7. The van der Waals surface area contributed by atoms with Crippen molar-refractivity contribution < 1.29 is 18.6 Å². The van der Waals surface area contributed by atoms with Gasteiger partial charge in [0.2, 0.25) is 0 Å². The molecule has 0 radical (unpaired) electrons. The van der Waals surface area contributed by atoms with Crippen LogP contribution in [0.1, 0.15) is 0 Å². The molecule has 1 nitrogen and oxygen atoms in total. The Labute approximate surface area is 358 Å². The molecule has 0 aromatic heterocycles. The number of benzene rings is 9.